The molecule has 0 bridgehead atoms. The van der Waals surface area contributed by atoms with Crippen molar-refractivity contribution in [3.05, 3.63) is 83.9 Å². The van der Waals surface area contributed by atoms with Gasteiger partial charge in [0.1, 0.15) is 0 Å². The third kappa shape index (κ3) is 3.95. The van der Waals surface area contributed by atoms with E-state index in [0.717, 1.165) is 24.0 Å². The summed E-state index contributed by atoms with van der Waals surface area (Å²) in [5.74, 6) is 0.0624. The molecule has 0 saturated heterocycles. The van der Waals surface area contributed by atoms with E-state index < -0.39 is 0 Å². The molecule has 2 heterocycles. The van der Waals surface area contributed by atoms with Crippen LogP contribution in [0.15, 0.2) is 71.3 Å². The van der Waals surface area contributed by atoms with E-state index in [9.17, 15) is 4.79 Å². The van der Waals surface area contributed by atoms with E-state index in [1.54, 1.807) is 6.20 Å². The molecule has 0 N–H and O–H groups in total. The molecule has 0 radical (unpaired) electrons. The summed E-state index contributed by atoms with van der Waals surface area (Å²) in [6, 6.07) is 20.2. The van der Waals surface area contributed by atoms with Crippen LogP contribution in [0.3, 0.4) is 0 Å². The first-order valence-corrected chi connectivity index (χ1v) is 9.10. The van der Waals surface area contributed by atoms with Crippen LogP contribution in [0.5, 0.6) is 0 Å². The van der Waals surface area contributed by atoms with Crippen LogP contribution in [0.2, 0.25) is 0 Å². The summed E-state index contributed by atoms with van der Waals surface area (Å²) in [5, 5.41) is 0. The maximum absolute atomic E-state index is 12.4. The zero-order valence-electron chi connectivity index (χ0n) is 15.2. The van der Waals surface area contributed by atoms with E-state index >= 15 is 0 Å². The Labute approximate surface area is 157 Å². The van der Waals surface area contributed by atoms with Crippen LogP contribution in [0.25, 0.3) is 22.4 Å². The Morgan fingerprint density at radius 1 is 1.00 bits per heavy atom. The molecule has 0 atom stereocenters. The number of carbonyl (C=O) groups is 1. The van der Waals surface area contributed by atoms with E-state index in [2.05, 4.69) is 41.2 Å². The van der Waals surface area contributed by atoms with Gasteiger partial charge in [-0.2, -0.15) is 4.98 Å². The number of hydrogen-bond acceptors (Lipinski definition) is 4. The Kier molecular flexibility index (Phi) is 4.79. The van der Waals surface area contributed by atoms with Gasteiger partial charge in [0.2, 0.25) is 5.78 Å². The second kappa shape index (κ2) is 7.54. The van der Waals surface area contributed by atoms with Gasteiger partial charge in [-0.3, -0.25) is 4.79 Å². The number of rotatable bonds is 6. The molecule has 27 heavy (non-hydrogen) atoms. The number of carbonyl (C=O) groups excluding carboxylic acids is 1. The van der Waals surface area contributed by atoms with Crippen molar-refractivity contribution in [1.82, 2.24) is 9.97 Å². The summed E-state index contributed by atoms with van der Waals surface area (Å²) in [4.78, 5) is 21.0. The van der Waals surface area contributed by atoms with Crippen LogP contribution in [0.4, 0.5) is 0 Å². The molecule has 0 aliphatic heterocycles. The molecule has 134 valence electrons. The van der Waals surface area contributed by atoms with E-state index in [1.165, 1.54) is 11.1 Å². The van der Waals surface area contributed by atoms with Crippen molar-refractivity contribution in [2.45, 2.75) is 26.2 Å². The number of hydrogen-bond donors (Lipinski definition) is 0. The van der Waals surface area contributed by atoms with Gasteiger partial charge in [0.15, 0.2) is 11.2 Å². The normalized spacial score (nSPS) is 11.0. The molecule has 0 saturated carbocycles. The maximum Gasteiger partial charge on any atom is 0.265 e. The summed E-state index contributed by atoms with van der Waals surface area (Å²) in [5.41, 5.74) is 5.45. The summed E-state index contributed by atoms with van der Waals surface area (Å²) >= 11 is 0. The van der Waals surface area contributed by atoms with E-state index in [4.69, 9.17) is 4.42 Å². The number of oxazole rings is 1. The first-order chi connectivity index (χ1) is 13.2. The number of benzene rings is 2. The lowest BCUT2D eigenvalue weighted by molar-refractivity contribution is 0.0949. The molecule has 0 amide bonds. The Hall–Kier alpha value is -3.27. The lowest BCUT2D eigenvalue weighted by atomic mass is 10.1. The van der Waals surface area contributed by atoms with E-state index in [1.807, 2.05) is 36.4 Å². The van der Waals surface area contributed by atoms with E-state index in [0.29, 0.717) is 17.7 Å². The van der Waals surface area contributed by atoms with Crippen molar-refractivity contribution in [1.29, 1.82) is 0 Å². The number of Topliss-reactive ketones (excluding diaryl/α,β-unsaturated/α-hetero) is 1. The molecule has 4 nitrogen and oxygen atoms in total. The van der Waals surface area contributed by atoms with Gasteiger partial charge in [-0.1, -0.05) is 60.2 Å². The van der Waals surface area contributed by atoms with Gasteiger partial charge in [0.25, 0.3) is 5.89 Å². The molecule has 0 spiro atoms. The number of aryl methyl sites for hydroxylation is 2. The fraction of sp³-hybridized carbons (Fsp3) is 0.174. The third-order valence-electron chi connectivity index (χ3n) is 4.58. The SMILES string of the molecule is Cc1ccc(-c2cnc3nc(C(=O)CCCc4ccccc4)oc3c2)cc1. The molecule has 4 rings (SSSR count). The molecule has 4 aromatic rings. The molecule has 4 heteroatoms. The van der Waals surface area contributed by atoms with Gasteiger partial charge in [-0.15, -0.1) is 0 Å². The van der Waals surface area contributed by atoms with Crippen molar-refractivity contribution in [2.24, 2.45) is 0 Å². The monoisotopic (exact) mass is 356 g/mol. The molecule has 2 aromatic carbocycles. The minimum absolute atomic E-state index is 0.0826. The molecule has 0 aliphatic rings. The second-order valence-corrected chi connectivity index (χ2v) is 6.69. The quantitative estimate of drug-likeness (QED) is 0.434. The number of aromatic nitrogens is 2. The van der Waals surface area contributed by atoms with Crippen LogP contribution in [0.1, 0.15) is 34.7 Å². The Morgan fingerprint density at radius 2 is 1.78 bits per heavy atom. The average Bonchev–Trinajstić information content (AvgIpc) is 3.13. The predicted octanol–water partition coefficient (Wildman–Crippen LogP) is 5.40. The topological polar surface area (TPSA) is 56.0 Å². The first-order valence-electron chi connectivity index (χ1n) is 9.10. The molecule has 0 aliphatic carbocycles. The predicted molar refractivity (Wildman–Crippen MR) is 106 cm³/mol. The smallest absolute Gasteiger partial charge is 0.265 e. The van der Waals surface area contributed by atoms with Crippen LogP contribution >= 0.6 is 0 Å². The summed E-state index contributed by atoms with van der Waals surface area (Å²) in [7, 11) is 0. The largest absolute Gasteiger partial charge is 0.432 e. The zero-order valence-corrected chi connectivity index (χ0v) is 15.2. The number of nitrogens with zero attached hydrogens (tertiary/aromatic N) is 2. The van der Waals surface area contributed by atoms with Crippen LogP contribution in [-0.4, -0.2) is 15.8 Å². The Morgan fingerprint density at radius 3 is 2.56 bits per heavy atom. The highest BCUT2D eigenvalue weighted by Gasteiger charge is 2.15. The fourth-order valence-corrected chi connectivity index (χ4v) is 3.05. The molecule has 0 fully saturated rings. The minimum Gasteiger partial charge on any atom is -0.432 e. The standard InChI is InChI=1S/C23H20N2O2/c1-16-10-12-18(13-11-16)19-14-21-22(24-15-19)25-23(27-21)20(26)9-5-8-17-6-3-2-4-7-17/h2-4,6-7,10-15H,5,8-9H2,1H3. The van der Waals surface area contributed by atoms with E-state index in [-0.39, 0.29) is 11.7 Å². The van der Waals surface area contributed by atoms with Crippen molar-refractivity contribution in [2.75, 3.05) is 0 Å². The first kappa shape index (κ1) is 17.2. The Balaban J connectivity index is 1.47. The molecular formula is C23H20N2O2. The molecular weight excluding hydrogens is 336 g/mol. The lowest BCUT2D eigenvalue weighted by Crippen LogP contribution is -2.00. The van der Waals surface area contributed by atoms with Gasteiger partial charge < -0.3 is 4.42 Å². The van der Waals surface area contributed by atoms with Crippen molar-refractivity contribution >= 4 is 17.0 Å². The number of ketones is 1. The molecule has 2 aromatic heterocycles. The summed E-state index contributed by atoms with van der Waals surface area (Å²) < 4.78 is 5.70. The van der Waals surface area contributed by atoms with Gasteiger partial charge in [0.05, 0.1) is 0 Å². The summed E-state index contributed by atoms with van der Waals surface area (Å²) in [6.07, 6.45) is 3.80. The van der Waals surface area contributed by atoms with Gasteiger partial charge in [0, 0.05) is 18.2 Å². The second-order valence-electron chi connectivity index (χ2n) is 6.69. The number of pyridine rings is 1. The van der Waals surface area contributed by atoms with Crippen molar-refractivity contribution in [3.63, 3.8) is 0 Å². The average molecular weight is 356 g/mol. The highest BCUT2D eigenvalue weighted by Crippen LogP contribution is 2.24. The summed E-state index contributed by atoms with van der Waals surface area (Å²) in [6.45, 7) is 2.05. The van der Waals surface area contributed by atoms with Crippen LogP contribution < -0.4 is 0 Å². The fourth-order valence-electron chi connectivity index (χ4n) is 3.05. The highest BCUT2D eigenvalue weighted by atomic mass is 16.4. The van der Waals surface area contributed by atoms with Crippen molar-refractivity contribution in [3.8, 4) is 11.1 Å². The lowest BCUT2D eigenvalue weighted by Gasteiger charge is -2.01. The molecule has 0 unspecified atom stereocenters. The van der Waals surface area contributed by atoms with Gasteiger partial charge >= 0.3 is 0 Å². The van der Waals surface area contributed by atoms with Gasteiger partial charge in [-0.25, -0.2) is 4.98 Å². The maximum atomic E-state index is 12.4. The van der Waals surface area contributed by atoms with Crippen molar-refractivity contribution < 1.29 is 9.21 Å². The number of fused-ring (bicyclic) bond motifs is 1. The minimum atomic E-state index is -0.0826. The highest BCUT2D eigenvalue weighted by molar-refractivity contribution is 5.94. The van der Waals surface area contributed by atoms with Crippen LogP contribution in [0, 0.1) is 6.92 Å². The third-order valence-corrected chi connectivity index (χ3v) is 4.58. The zero-order chi connectivity index (χ0) is 18.6. The van der Waals surface area contributed by atoms with Gasteiger partial charge in [-0.05, 0) is 37.0 Å². The Bertz CT molecular complexity index is 1070. The van der Waals surface area contributed by atoms with Crippen LogP contribution in [-0.2, 0) is 6.42 Å².